The van der Waals surface area contributed by atoms with Crippen LogP contribution in [0.3, 0.4) is 0 Å². The van der Waals surface area contributed by atoms with E-state index >= 15 is 0 Å². The summed E-state index contributed by atoms with van der Waals surface area (Å²) in [4.78, 5) is 4.11. The predicted molar refractivity (Wildman–Crippen MR) is 59.2 cm³/mol. The van der Waals surface area contributed by atoms with Crippen molar-refractivity contribution >= 4 is 0 Å². The standard InChI is InChI=1S/C12H20N2O/c1-9(2)11-5-10(6-11)7-14-4-3-13-12(14)8-15/h3-4,9-11,15H,5-8H2,1-2H3. The summed E-state index contributed by atoms with van der Waals surface area (Å²) in [6.45, 7) is 5.68. The Labute approximate surface area is 91.1 Å². The first-order valence-electron chi connectivity index (χ1n) is 5.81. The van der Waals surface area contributed by atoms with E-state index in [1.54, 1.807) is 6.20 Å². The monoisotopic (exact) mass is 208 g/mol. The van der Waals surface area contributed by atoms with Crippen molar-refractivity contribution in [3.05, 3.63) is 18.2 Å². The van der Waals surface area contributed by atoms with Crippen LogP contribution < -0.4 is 0 Å². The molecule has 1 aromatic rings. The van der Waals surface area contributed by atoms with Crippen LogP contribution in [0.15, 0.2) is 12.4 Å². The predicted octanol–water partition coefficient (Wildman–Crippen LogP) is 2.06. The first-order valence-corrected chi connectivity index (χ1v) is 5.81. The van der Waals surface area contributed by atoms with Crippen molar-refractivity contribution in [3.63, 3.8) is 0 Å². The normalized spacial score (nSPS) is 25.6. The van der Waals surface area contributed by atoms with E-state index in [-0.39, 0.29) is 6.61 Å². The second-order valence-electron chi connectivity index (χ2n) is 5.00. The SMILES string of the molecule is CC(C)C1CC(Cn2ccnc2CO)C1. The van der Waals surface area contributed by atoms with Crippen molar-refractivity contribution in [2.24, 2.45) is 17.8 Å². The summed E-state index contributed by atoms with van der Waals surface area (Å²) < 4.78 is 2.08. The minimum absolute atomic E-state index is 0.0489. The molecule has 15 heavy (non-hydrogen) atoms. The van der Waals surface area contributed by atoms with Gasteiger partial charge < -0.3 is 9.67 Å². The van der Waals surface area contributed by atoms with E-state index in [1.807, 2.05) is 6.20 Å². The average Bonchev–Trinajstić information content (AvgIpc) is 2.56. The lowest BCUT2D eigenvalue weighted by Crippen LogP contribution is -2.31. The van der Waals surface area contributed by atoms with Crippen molar-refractivity contribution < 1.29 is 5.11 Å². The molecule has 1 aliphatic carbocycles. The van der Waals surface area contributed by atoms with E-state index in [2.05, 4.69) is 23.4 Å². The highest BCUT2D eigenvalue weighted by atomic mass is 16.3. The number of nitrogens with zero attached hydrogens (tertiary/aromatic N) is 2. The van der Waals surface area contributed by atoms with Gasteiger partial charge >= 0.3 is 0 Å². The van der Waals surface area contributed by atoms with Crippen LogP contribution in [0.4, 0.5) is 0 Å². The fraction of sp³-hybridized carbons (Fsp3) is 0.750. The van der Waals surface area contributed by atoms with E-state index < -0.39 is 0 Å². The van der Waals surface area contributed by atoms with Gasteiger partial charge in [-0.15, -0.1) is 0 Å². The zero-order chi connectivity index (χ0) is 10.8. The highest BCUT2D eigenvalue weighted by molar-refractivity contribution is 4.92. The van der Waals surface area contributed by atoms with Crippen molar-refractivity contribution in [1.29, 1.82) is 0 Å². The molecule has 0 radical (unpaired) electrons. The van der Waals surface area contributed by atoms with Crippen molar-refractivity contribution in [3.8, 4) is 0 Å². The molecule has 1 N–H and O–H groups in total. The minimum Gasteiger partial charge on any atom is -0.388 e. The minimum atomic E-state index is 0.0489. The maximum Gasteiger partial charge on any atom is 0.134 e. The van der Waals surface area contributed by atoms with Gasteiger partial charge in [0.25, 0.3) is 0 Å². The fourth-order valence-electron chi connectivity index (χ4n) is 2.42. The largest absolute Gasteiger partial charge is 0.388 e. The number of rotatable bonds is 4. The molecule has 0 saturated heterocycles. The molecule has 1 saturated carbocycles. The van der Waals surface area contributed by atoms with E-state index in [4.69, 9.17) is 5.11 Å². The smallest absolute Gasteiger partial charge is 0.134 e. The Bertz CT molecular complexity index is 313. The molecule has 0 bridgehead atoms. The highest BCUT2D eigenvalue weighted by Gasteiger charge is 2.31. The number of hydrogen-bond donors (Lipinski definition) is 1. The molecule has 1 aromatic heterocycles. The van der Waals surface area contributed by atoms with Crippen LogP contribution in [0.2, 0.25) is 0 Å². The third kappa shape index (κ3) is 2.23. The van der Waals surface area contributed by atoms with Gasteiger partial charge in [-0.1, -0.05) is 13.8 Å². The van der Waals surface area contributed by atoms with Gasteiger partial charge in [0.15, 0.2) is 0 Å². The van der Waals surface area contributed by atoms with Crippen LogP contribution in [0.25, 0.3) is 0 Å². The average molecular weight is 208 g/mol. The molecule has 1 fully saturated rings. The van der Waals surface area contributed by atoms with Crippen LogP contribution in [0.1, 0.15) is 32.5 Å². The summed E-state index contributed by atoms with van der Waals surface area (Å²) in [6, 6.07) is 0. The molecule has 84 valence electrons. The molecule has 0 atom stereocenters. The molecular weight excluding hydrogens is 188 g/mol. The van der Waals surface area contributed by atoms with Crippen LogP contribution >= 0.6 is 0 Å². The van der Waals surface area contributed by atoms with E-state index in [9.17, 15) is 0 Å². The lowest BCUT2D eigenvalue weighted by atomic mass is 9.69. The Morgan fingerprint density at radius 3 is 2.87 bits per heavy atom. The number of aliphatic hydroxyl groups is 1. The third-order valence-corrected chi connectivity index (χ3v) is 3.61. The van der Waals surface area contributed by atoms with Gasteiger partial charge in [0, 0.05) is 18.9 Å². The summed E-state index contributed by atoms with van der Waals surface area (Å²) in [5.74, 6) is 3.32. The van der Waals surface area contributed by atoms with Crippen LogP contribution in [0.5, 0.6) is 0 Å². The van der Waals surface area contributed by atoms with Gasteiger partial charge in [-0.05, 0) is 30.6 Å². The number of aliphatic hydroxyl groups excluding tert-OH is 1. The Hall–Kier alpha value is -0.830. The Kier molecular flexibility index (Phi) is 3.10. The molecule has 1 aliphatic rings. The molecular formula is C12H20N2O. The van der Waals surface area contributed by atoms with Gasteiger partial charge in [-0.2, -0.15) is 0 Å². The summed E-state index contributed by atoms with van der Waals surface area (Å²) in [6.07, 6.45) is 6.40. The lowest BCUT2D eigenvalue weighted by molar-refractivity contribution is 0.123. The third-order valence-electron chi connectivity index (χ3n) is 3.61. The fourth-order valence-corrected chi connectivity index (χ4v) is 2.42. The van der Waals surface area contributed by atoms with Gasteiger partial charge in [0.2, 0.25) is 0 Å². The Morgan fingerprint density at radius 1 is 1.53 bits per heavy atom. The summed E-state index contributed by atoms with van der Waals surface area (Å²) in [7, 11) is 0. The molecule has 3 nitrogen and oxygen atoms in total. The molecule has 0 amide bonds. The quantitative estimate of drug-likeness (QED) is 0.822. The van der Waals surface area contributed by atoms with Gasteiger partial charge in [-0.25, -0.2) is 4.98 Å². The van der Waals surface area contributed by atoms with Gasteiger partial charge in [-0.3, -0.25) is 0 Å². The zero-order valence-electron chi connectivity index (χ0n) is 9.56. The maximum absolute atomic E-state index is 9.07. The molecule has 0 unspecified atom stereocenters. The summed E-state index contributed by atoms with van der Waals surface area (Å²) >= 11 is 0. The molecule has 0 aromatic carbocycles. The van der Waals surface area contributed by atoms with Crippen molar-refractivity contribution in [2.75, 3.05) is 0 Å². The topological polar surface area (TPSA) is 38.0 Å². The Balaban J connectivity index is 1.85. The molecule has 1 heterocycles. The van der Waals surface area contributed by atoms with E-state index in [0.717, 1.165) is 30.1 Å². The van der Waals surface area contributed by atoms with Gasteiger partial charge in [0.05, 0.1) is 0 Å². The zero-order valence-corrected chi connectivity index (χ0v) is 9.56. The molecule has 2 rings (SSSR count). The maximum atomic E-state index is 9.07. The van der Waals surface area contributed by atoms with Crippen LogP contribution in [-0.2, 0) is 13.2 Å². The van der Waals surface area contributed by atoms with Crippen LogP contribution in [0, 0.1) is 17.8 Å². The molecule has 0 aliphatic heterocycles. The summed E-state index contributed by atoms with van der Waals surface area (Å²) in [5, 5.41) is 9.07. The van der Waals surface area contributed by atoms with E-state index in [1.165, 1.54) is 12.8 Å². The second kappa shape index (κ2) is 4.35. The Morgan fingerprint density at radius 2 is 2.27 bits per heavy atom. The molecule has 0 spiro atoms. The molecule has 3 heteroatoms. The van der Waals surface area contributed by atoms with Gasteiger partial charge in [0.1, 0.15) is 12.4 Å². The second-order valence-corrected chi connectivity index (χ2v) is 5.00. The lowest BCUT2D eigenvalue weighted by Gasteiger charge is -2.38. The van der Waals surface area contributed by atoms with Crippen molar-refractivity contribution in [1.82, 2.24) is 9.55 Å². The first-order chi connectivity index (χ1) is 7.20. The van der Waals surface area contributed by atoms with E-state index in [0.29, 0.717) is 0 Å². The first kappa shape index (κ1) is 10.7. The van der Waals surface area contributed by atoms with Crippen molar-refractivity contribution in [2.45, 2.75) is 39.8 Å². The number of aromatic nitrogens is 2. The number of imidazole rings is 1. The summed E-state index contributed by atoms with van der Waals surface area (Å²) in [5.41, 5.74) is 0. The number of hydrogen-bond acceptors (Lipinski definition) is 2. The highest BCUT2D eigenvalue weighted by Crippen LogP contribution is 2.39. The van der Waals surface area contributed by atoms with Crippen LogP contribution in [-0.4, -0.2) is 14.7 Å².